The van der Waals surface area contributed by atoms with Crippen LogP contribution in [0.5, 0.6) is 0 Å². The fourth-order valence-electron chi connectivity index (χ4n) is 1.58. The molecule has 0 unspecified atom stereocenters. The molecule has 0 spiro atoms. The SMILES string of the molecule is CCNc1ccc(P(CC)CC)cc1. The Morgan fingerprint density at radius 3 is 2.00 bits per heavy atom. The Bertz CT molecular complexity index is 252. The lowest BCUT2D eigenvalue weighted by atomic mass is 10.3. The fourth-order valence-corrected chi connectivity index (χ4v) is 3.33. The van der Waals surface area contributed by atoms with Crippen LogP contribution in [-0.4, -0.2) is 18.9 Å². The van der Waals surface area contributed by atoms with E-state index in [1.165, 1.54) is 23.3 Å². The van der Waals surface area contributed by atoms with E-state index in [-0.39, 0.29) is 7.92 Å². The molecule has 2 heteroatoms. The third kappa shape index (κ3) is 2.99. The summed E-state index contributed by atoms with van der Waals surface area (Å²) in [5, 5.41) is 4.85. The molecule has 1 rings (SSSR count). The Morgan fingerprint density at radius 1 is 1.00 bits per heavy atom. The van der Waals surface area contributed by atoms with Crippen LogP contribution in [0, 0.1) is 0 Å². The molecule has 0 bridgehead atoms. The van der Waals surface area contributed by atoms with Gasteiger partial charge in [-0.25, -0.2) is 0 Å². The second kappa shape index (κ2) is 6.03. The highest BCUT2D eigenvalue weighted by Crippen LogP contribution is 2.33. The van der Waals surface area contributed by atoms with E-state index >= 15 is 0 Å². The van der Waals surface area contributed by atoms with Gasteiger partial charge in [0.2, 0.25) is 0 Å². The predicted molar refractivity (Wildman–Crippen MR) is 68.2 cm³/mol. The van der Waals surface area contributed by atoms with Crippen molar-refractivity contribution in [2.45, 2.75) is 20.8 Å². The van der Waals surface area contributed by atoms with Crippen LogP contribution in [0.15, 0.2) is 24.3 Å². The normalized spacial score (nSPS) is 10.6. The third-order valence-corrected chi connectivity index (χ3v) is 4.93. The van der Waals surface area contributed by atoms with Gasteiger partial charge in [-0.3, -0.25) is 0 Å². The van der Waals surface area contributed by atoms with Gasteiger partial charge in [-0.1, -0.05) is 33.9 Å². The molecule has 1 aromatic rings. The quantitative estimate of drug-likeness (QED) is 0.734. The van der Waals surface area contributed by atoms with Crippen molar-refractivity contribution in [3.63, 3.8) is 0 Å². The molecule has 1 aromatic carbocycles. The summed E-state index contributed by atoms with van der Waals surface area (Å²) in [7, 11) is 0.0992. The zero-order valence-electron chi connectivity index (χ0n) is 9.38. The van der Waals surface area contributed by atoms with E-state index in [4.69, 9.17) is 0 Å². The van der Waals surface area contributed by atoms with Crippen molar-refractivity contribution in [2.24, 2.45) is 0 Å². The minimum absolute atomic E-state index is 0.0992. The fraction of sp³-hybridized carbons (Fsp3) is 0.500. The van der Waals surface area contributed by atoms with Gasteiger partial charge < -0.3 is 5.32 Å². The van der Waals surface area contributed by atoms with Gasteiger partial charge >= 0.3 is 0 Å². The van der Waals surface area contributed by atoms with Gasteiger partial charge in [-0.05, 0) is 36.7 Å². The monoisotopic (exact) mass is 209 g/mol. The molecule has 1 nitrogen and oxygen atoms in total. The van der Waals surface area contributed by atoms with E-state index in [1.807, 2.05) is 0 Å². The number of rotatable bonds is 5. The molecule has 0 radical (unpaired) electrons. The van der Waals surface area contributed by atoms with E-state index in [1.54, 1.807) is 0 Å². The summed E-state index contributed by atoms with van der Waals surface area (Å²) in [4.78, 5) is 0. The van der Waals surface area contributed by atoms with Crippen LogP contribution in [0.1, 0.15) is 20.8 Å². The van der Waals surface area contributed by atoms with Gasteiger partial charge in [0.25, 0.3) is 0 Å². The van der Waals surface area contributed by atoms with E-state index in [2.05, 4.69) is 50.4 Å². The molecule has 0 amide bonds. The lowest BCUT2D eigenvalue weighted by Gasteiger charge is -2.14. The number of nitrogens with one attached hydrogen (secondary N) is 1. The molecule has 0 aliphatic rings. The average Bonchev–Trinajstić information content (AvgIpc) is 2.23. The van der Waals surface area contributed by atoms with Crippen molar-refractivity contribution in [2.75, 3.05) is 24.2 Å². The second-order valence-electron chi connectivity index (χ2n) is 3.25. The Morgan fingerprint density at radius 2 is 1.57 bits per heavy atom. The molecule has 0 fully saturated rings. The van der Waals surface area contributed by atoms with Gasteiger partial charge in [-0.15, -0.1) is 0 Å². The first kappa shape index (κ1) is 11.5. The number of hydrogen-bond donors (Lipinski definition) is 1. The Balaban J connectivity index is 2.71. The topological polar surface area (TPSA) is 12.0 Å². The van der Waals surface area contributed by atoms with Crippen LogP contribution in [0.25, 0.3) is 0 Å². The van der Waals surface area contributed by atoms with Gasteiger partial charge in [0.1, 0.15) is 0 Å². The summed E-state index contributed by atoms with van der Waals surface area (Å²) >= 11 is 0. The first-order valence-electron chi connectivity index (χ1n) is 5.40. The molecular weight excluding hydrogens is 189 g/mol. The number of benzene rings is 1. The predicted octanol–water partition coefficient (Wildman–Crippen LogP) is 3.27. The lowest BCUT2D eigenvalue weighted by molar-refractivity contribution is 1.21. The van der Waals surface area contributed by atoms with Crippen molar-refractivity contribution in [3.8, 4) is 0 Å². The first-order chi connectivity index (χ1) is 6.81. The van der Waals surface area contributed by atoms with Crippen LogP contribution < -0.4 is 10.6 Å². The van der Waals surface area contributed by atoms with Crippen LogP contribution in [0.2, 0.25) is 0 Å². The van der Waals surface area contributed by atoms with Crippen molar-refractivity contribution in [1.29, 1.82) is 0 Å². The van der Waals surface area contributed by atoms with Crippen LogP contribution >= 0.6 is 7.92 Å². The zero-order chi connectivity index (χ0) is 10.4. The van der Waals surface area contributed by atoms with Crippen molar-refractivity contribution < 1.29 is 0 Å². The minimum Gasteiger partial charge on any atom is -0.385 e. The maximum atomic E-state index is 3.32. The van der Waals surface area contributed by atoms with Gasteiger partial charge in [0.05, 0.1) is 0 Å². The van der Waals surface area contributed by atoms with Gasteiger partial charge in [-0.2, -0.15) is 0 Å². The number of anilines is 1. The summed E-state index contributed by atoms with van der Waals surface area (Å²) in [6.07, 6.45) is 2.60. The van der Waals surface area contributed by atoms with Crippen LogP contribution in [-0.2, 0) is 0 Å². The Kier molecular flexibility index (Phi) is 4.97. The Labute approximate surface area is 88.7 Å². The molecule has 0 aliphatic heterocycles. The first-order valence-corrected chi connectivity index (χ1v) is 7.11. The highest BCUT2D eigenvalue weighted by molar-refractivity contribution is 7.65. The summed E-state index contributed by atoms with van der Waals surface area (Å²) in [6, 6.07) is 8.94. The third-order valence-electron chi connectivity index (χ3n) is 2.38. The smallest absolute Gasteiger partial charge is 0.0340 e. The van der Waals surface area contributed by atoms with E-state index in [0.29, 0.717) is 0 Å². The number of hydrogen-bond acceptors (Lipinski definition) is 1. The van der Waals surface area contributed by atoms with E-state index < -0.39 is 0 Å². The van der Waals surface area contributed by atoms with Crippen LogP contribution in [0.4, 0.5) is 5.69 Å². The van der Waals surface area contributed by atoms with Crippen molar-refractivity contribution in [1.82, 2.24) is 0 Å². The second-order valence-corrected chi connectivity index (χ2v) is 6.11. The maximum Gasteiger partial charge on any atom is 0.0340 e. The molecule has 1 N–H and O–H groups in total. The molecular formula is C12H20NP. The summed E-state index contributed by atoms with van der Waals surface area (Å²) in [6.45, 7) is 7.69. The van der Waals surface area contributed by atoms with Crippen molar-refractivity contribution in [3.05, 3.63) is 24.3 Å². The highest BCUT2D eigenvalue weighted by atomic mass is 31.1. The summed E-state index contributed by atoms with van der Waals surface area (Å²) in [5.41, 5.74) is 1.23. The molecule has 14 heavy (non-hydrogen) atoms. The van der Waals surface area contributed by atoms with Crippen molar-refractivity contribution >= 4 is 18.9 Å². The minimum atomic E-state index is 0.0992. The van der Waals surface area contributed by atoms with Gasteiger partial charge in [0.15, 0.2) is 0 Å². The van der Waals surface area contributed by atoms with E-state index in [9.17, 15) is 0 Å². The standard InChI is InChI=1S/C12H20NP/c1-4-13-11-7-9-12(10-8-11)14(5-2)6-3/h7-10,13H,4-6H2,1-3H3. The summed E-state index contributed by atoms with van der Waals surface area (Å²) < 4.78 is 0. The largest absolute Gasteiger partial charge is 0.385 e. The molecule has 78 valence electrons. The van der Waals surface area contributed by atoms with Gasteiger partial charge in [0, 0.05) is 12.2 Å². The molecule has 0 saturated carbocycles. The zero-order valence-corrected chi connectivity index (χ0v) is 10.3. The molecule has 0 heterocycles. The molecule has 0 atom stereocenters. The molecule has 0 aliphatic carbocycles. The van der Waals surface area contributed by atoms with E-state index in [0.717, 1.165) is 6.54 Å². The maximum absolute atomic E-state index is 3.32. The molecule has 0 aromatic heterocycles. The summed E-state index contributed by atoms with van der Waals surface area (Å²) in [5.74, 6) is 0. The Hall–Kier alpha value is -0.550. The highest BCUT2D eigenvalue weighted by Gasteiger charge is 2.04. The lowest BCUT2D eigenvalue weighted by Crippen LogP contribution is -2.05. The average molecular weight is 209 g/mol. The molecule has 0 saturated heterocycles. The van der Waals surface area contributed by atoms with Crippen LogP contribution in [0.3, 0.4) is 0 Å².